The summed E-state index contributed by atoms with van der Waals surface area (Å²) in [7, 11) is 0. The van der Waals surface area contributed by atoms with Gasteiger partial charge in [0.25, 0.3) is 0 Å². The lowest BCUT2D eigenvalue weighted by atomic mass is 9.93. The lowest BCUT2D eigenvalue weighted by molar-refractivity contribution is -0.146. The first kappa shape index (κ1) is 49.9. The summed E-state index contributed by atoms with van der Waals surface area (Å²) >= 11 is 0. The number of ether oxygens (including phenoxy) is 2. The molecule has 1 rings (SSSR count). The van der Waals surface area contributed by atoms with Crippen molar-refractivity contribution in [3.05, 3.63) is 0 Å². The second kappa shape index (κ2) is 36.5. The van der Waals surface area contributed by atoms with Crippen molar-refractivity contribution in [2.75, 3.05) is 39.5 Å². The van der Waals surface area contributed by atoms with Gasteiger partial charge in [0.05, 0.1) is 13.2 Å². The van der Waals surface area contributed by atoms with E-state index in [9.17, 15) is 14.7 Å². The van der Waals surface area contributed by atoms with Crippen LogP contribution in [0.4, 0.5) is 0 Å². The maximum Gasteiger partial charge on any atom is 0.305 e. The summed E-state index contributed by atoms with van der Waals surface area (Å²) in [6.45, 7) is 11.6. The number of aliphatic hydroxyl groups is 1. The molecular weight excluding hydrogens is 659 g/mol. The van der Waals surface area contributed by atoms with Crippen molar-refractivity contribution >= 4 is 11.9 Å². The van der Waals surface area contributed by atoms with E-state index in [1.807, 2.05) is 0 Å². The Balaban J connectivity index is 2.22. The van der Waals surface area contributed by atoms with Crippen LogP contribution in [-0.4, -0.2) is 61.4 Å². The number of carbonyl (C=O) groups excluding carboxylic acids is 2. The molecule has 0 atom stereocenters. The van der Waals surface area contributed by atoms with Crippen LogP contribution in [0.15, 0.2) is 0 Å². The largest absolute Gasteiger partial charge is 0.466 e. The molecule has 0 bridgehead atoms. The minimum absolute atomic E-state index is 0.0157. The van der Waals surface area contributed by atoms with Crippen molar-refractivity contribution in [2.45, 2.75) is 239 Å². The normalized spacial score (nSPS) is 13.6. The molecule has 0 aliphatic heterocycles. The third-order valence-electron chi connectivity index (χ3n) is 11.9. The van der Waals surface area contributed by atoms with Crippen molar-refractivity contribution in [3.8, 4) is 0 Å². The minimum atomic E-state index is -0.0157. The summed E-state index contributed by atoms with van der Waals surface area (Å²) in [5.41, 5.74) is 0.390. The molecule has 314 valence electrons. The van der Waals surface area contributed by atoms with Crippen LogP contribution in [0.5, 0.6) is 0 Å². The fraction of sp³-hybridized carbons (Fsp3) is 0.957. The van der Waals surface area contributed by atoms with Crippen molar-refractivity contribution in [2.24, 2.45) is 11.3 Å². The van der Waals surface area contributed by atoms with E-state index in [1.165, 1.54) is 161 Å². The number of rotatable bonds is 42. The van der Waals surface area contributed by atoms with Crippen LogP contribution in [0, 0.1) is 11.3 Å². The van der Waals surface area contributed by atoms with Gasteiger partial charge in [-0.1, -0.05) is 149 Å². The van der Waals surface area contributed by atoms with Gasteiger partial charge in [-0.2, -0.15) is 0 Å². The summed E-state index contributed by atoms with van der Waals surface area (Å²) in [4.78, 5) is 27.4. The van der Waals surface area contributed by atoms with Crippen LogP contribution in [0.2, 0.25) is 0 Å². The Bertz CT molecular complexity index is 801. The van der Waals surface area contributed by atoms with Gasteiger partial charge >= 0.3 is 11.9 Å². The summed E-state index contributed by atoms with van der Waals surface area (Å²) in [5, 5.41) is 9.32. The van der Waals surface area contributed by atoms with E-state index in [0.29, 0.717) is 37.4 Å². The summed E-state index contributed by atoms with van der Waals surface area (Å²) < 4.78 is 11.4. The zero-order valence-electron chi connectivity index (χ0n) is 35.9. The number of esters is 2. The average molecular weight is 750 g/mol. The molecule has 6 heteroatoms. The molecule has 0 radical (unpaired) electrons. The second-order valence-electron chi connectivity index (χ2n) is 17.0. The Hall–Kier alpha value is -1.14. The fourth-order valence-electron chi connectivity index (χ4n) is 7.91. The van der Waals surface area contributed by atoms with Crippen molar-refractivity contribution < 1.29 is 24.2 Å². The minimum Gasteiger partial charge on any atom is -0.466 e. The number of hydrogen-bond donors (Lipinski definition) is 1. The van der Waals surface area contributed by atoms with Crippen LogP contribution < -0.4 is 0 Å². The quantitative estimate of drug-likeness (QED) is 0.0495. The monoisotopic (exact) mass is 750 g/mol. The standard InChI is InChI=1S/C47H91NO5/c1-4-7-10-13-14-18-23-32-45(50)52-42-29-20-15-19-25-38-48(40-27-28-41-49)39-26-24-34-47(36-37-47)35-33-46(51)53-43-44(30-21-16-11-8-5-2)31-22-17-12-9-6-3/h44,49H,4-43H2,1-3H3. The van der Waals surface area contributed by atoms with Crippen molar-refractivity contribution in [1.82, 2.24) is 4.90 Å². The predicted molar refractivity (Wildman–Crippen MR) is 225 cm³/mol. The molecule has 6 nitrogen and oxygen atoms in total. The first-order chi connectivity index (χ1) is 26.0. The number of unbranched alkanes of at least 4 members (excludes halogenated alkanes) is 20. The second-order valence-corrected chi connectivity index (χ2v) is 17.0. The van der Waals surface area contributed by atoms with Crippen LogP contribution in [-0.2, 0) is 19.1 Å². The van der Waals surface area contributed by atoms with Gasteiger partial charge < -0.3 is 19.5 Å². The van der Waals surface area contributed by atoms with Crippen LogP contribution in [0.1, 0.15) is 239 Å². The van der Waals surface area contributed by atoms with Gasteiger partial charge in [0.2, 0.25) is 0 Å². The van der Waals surface area contributed by atoms with Crippen molar-refractivity contribution in [1.29, 1.82) is 0 Å². The topological polar surface area (TPSA) is 76.1 Å². The molecule has 0 unspecified atom stereocenters. The molecule has 0 aromatic rings. The van der Waals surface area contributed by atoms with Gasteiger partial charge in [0.15, 0.2) is 0 Å². The van der Waals surface area contributed by atoms with E-state index in [0.717, 1.165) is 64.6 Å². The molecule has 1 aliphatic carbocycles. The third kappa shape index (κ3) is 31.7. The molecule has 0 aromatic carbocycles. The van der Waals surface area contributed by atoms with Gasteiger partial charge in [-0.25, -0.2) is 0 Å². The van der Waals surface area contributed by atoms with E-state index in [2.05, 4.69) is 25.7 Å². The first-order valence-electron chi connectivity index (χ1n) is 23.6. The smallest absolute Gasteiger partial charge is 0.305 e. The molecule has 1 aliphatic rings. The van der Waals surface area contributed by atoms with Crippen molar-refractivity contribution in [3.63, 3.8) is 0 Å². The summed E-state index contributed by atoms with van der Waals surface area (Å²) in [6.07, 6.45) is 40.2. The van der Waals surface area contributed by atoms with E-state index >= 15 is 0 Å². The zero-order chi connectivity index (χ0) is 38.5. The summed E-state index contributed by atoms with van der Waals surface area (Å²) in [5.74, 6) is 0.560. The molecule has 53 heavy (non-hydrogen) atoms. The van der Waals surface area contributed by atoms with Gasteiger partial charge in [-0.15, -0.1) is 0 Å². The highest BCUT2D eigenvalue weighted by molar-refractivity contribution is 5.69. The molecule has 0 heterocycles. The highest BCUT2D eigenvalue weighted by Crippen LogP contribution is 2.53. The van der Waals surface area contributed by atoms with Crippen LogP contribution in [0.3, 0.4) is 0 Å². The Morgan fingerprint density at radius 2 is 1.00 bits per heavy atom. The number of nitrogens with zero attached hydrogens (tertiary/aromatic N) is 1. The number of aliphatic hydroxyl groups excluding tert-OH is 1. The molecule has 0 saturated heterocycles. The average Bonchev–Trinajstić information content (AvgIpc) is 3.94. The van der Waals surface area contributed by atoms with E-state index < -0.39 is 0 Å². The molecule has 1 N–H and O–H groups in total. The maximum absolute atomic E-state index is 12.8. The Morgan fingerprint density at radius 1 is 0.528 bits per heavy atom. The van der Waals surface area contributed by atoms with Gasteiger partial charge in [0.1, 0.15) is 0 Å². The molecule has 0 amide bonds. The van der Waals surface area contributed by atoms with Crippen LogP contribution in [0.25, 0.3) is 0 Å². The van der Waals surface area contributed by atoms with E-state index in [1.54, 1.807) is 0 Å². The highest BCUT2D eigenvalue weighted by atomic mass is 16.5. The molecule has 0 aromatic heterocycles. The molecule has 1 saturated carbocycles. The number of carbonyl (C=O) groups is 2. The highest BCUT2D eigenvalue weighted by Gasteiger charge is 2.41. The van der Waals surface area contributed by atoms with E-state index in [4.69, 9.17) is 9.47 Å². The fourth-order valence-corrected chi connectivity index (χ4v) is 7.91. The first-order valence-corrected chi connectivity index (χ1v) is 23.6. The molecule has 0 spiro atoms. The summed E-state index contributed by atoms with van der Waals surface area (Å²) in [6, 6.07) is 0. The lowest BCUT2D eigenvalue weighted by Crippen LogP contribution is -2.27. The Morgan fingerprint density at radius 3 is 1.57 bits per heavy atom. The Kier molecular flexibility index (Phi) is 34.3. The maximum atomic E-state index is 12.8. The van der Waals surface area contributed by atoms with Gasteiger partial charge in [0, 0.05) is 19.4 Å². The Labute approximate surface area is 330 Å². The molecular formula is C47H91NO5. The van der Waals surface area contributed by atoms with Gasteiger partial charge in [-0.05, 0) is 108 Å². The van der Waals surface area contributed by atoms with Gasteiger partial charge in [-0.3, -0.25) is 9.59 Å². The van der Waals surface area contributed by atoms with Crippen LogP contribution >= 0.6 is 0 Å². The lowest BCUT2D eigenvalue weighted by Gasteiger charge is -2.23. The SMILES string of the molecule is CCCCCCCCCC(=O)OCCCCCCCN(CCCCO)CCCCC1(CCC(=O)OCC(CCCCCCC)CCCCCCC)CC1. The molecule has 1 fully saturated rings. The number of hydrogen-bond acceptors (Lipinski definition) is 6. The third-order valence-corrected chi connectivity index (χ3v) is 11.9. The predicted octanol–water partition coefficient (Wildman–Crippen LogP) is 13.3. The zero-order valence-corrected chi connectivity index (χ0v) is 35.9. The van der Waals surface area contributed by atoms with E-state index in [-0.39, 0.29) is 18.5 Å².